The molecule has 0 saturated heterocycles. The Labute approximate surface area is 84.7 Å². The van der Waals surface area contributed by atoms with Crippen molar-refractivity contribution in [3.05, 3.63) is 28.5 Å². The number of nitrogens with one attached hydrogen (secondary N) is 1. The van der Waals surface area contributed by atoms with Crippen LogP contribution in [0, 0.1) is 0 Å². The van der Waals surface area contributed by atoms with E-state index in [1.807, 2.05) is 0 Å². The Hall–Kier alpha value is -0.940. The average Bonchev–Trinajstić information content (AvgIpc) is 2.15. The average molecular weight is 244 g/mol. The normalized spacial score (nSPS) is 9.69. The molecule has 0 aliphatic carbocycles. The molecule has 0 unspecified atom stereocenters. The van der Waals surface area contributed by atoms with E-state index < -0.39 is 0 Å². The third-order valence-electron chi connectivity index (χ3n) is 1.43. The fourth-order valence-corrected chi connectivity index (χ4v) is 1.27. The number of hydrogen-bond donors (Lipinski definition) is 2. The summed E-state index contributed by atoms with van der Waals surface area (Å²) >= 11 is 3.19. The van der Waals surface area contributed by atoms with E-state index in [1.165, 1.54) is 0 Å². The summed E-state index contributed by atoms with van der Waals surface area (Å²) in [7, 11) is 0. The maximum Gasteiger partial charge on any atom is 0.254 e. The lowest BCUT2D eigenvalue weighted by Gasteiger charge is -2.03. The van der Waals surface area contributed by atoms with Gasteiger partial charge in [0.15, 0.2) is 0 Å². The maximum absolute atomic E-state index is 11.4. The highest BCUT2D eigenvalue weighted by Crippen LogP contribution is 2.11. The standard InChI is InChI=1S/C8H10BrN3O/c9-7-6(2-1-4-11-7)8(13)12-5-3-10/h1-2,4H,3,5,10H2,(H,12,13). The molecular formula is C8H10BrN3O. The van der Waals surface area contributed by atoms with Gasteiger partial charge in [-0.1, -0.05) is 0 Å². The molecule has 5 heteroatoms. The Morgan fingerprint density at radius 3 is 3.08 bits per heavy atom. The van der Waals surface area contributed by atoms with Crippen LogP contribution in [0.15, 0.2) is 22.9 Å². The number of rotatable bonds is 3. The Balaban J connectivity index is 2.71. The van der Waals surface area contributed by atoms with Gasteiger partial charge in [0.05, 0.1) is 5.56 Å². The molecule has 1 aromatic rings. The number of pyridine rings is 1. The maximum atomic E-state index is 11.4. The van der Waals surface area contributed by atoms with Crippen LogP contribution < -0.4 is 11.1 Å². The van der Waals surface area contributed by atoms with E-state index in [1.54, 1.807) is 18.3 Å². The highest BCUT2D eigenvalue weighted by molar-refractivity contribution is 9.10. The number of aromatic nitrogens is 1. The Bertz CT molecular complexity index is 303. The van der Waals surface area contributed by atoms with Gasteiger partial charge in [-0.25, -0.2) is 4.98 Å². The summed E-state index contributed by atoms with van der Waals surface area (Å²) in [6, 6.07) is 3.41. The van der Waals surface area contributed by atoms with Crippen LogP contribution in [0.4, 0.5) is 0 Å². The van der Waals surface area contributed by atoms with Crippen molar-refractivity contribution in [1.82, 2.24) is 10.3 Å². The monoisotopic (exact) mass is 243 g/mol. The smallest absolute Gasteiger partial charge is 0.254 e. The fourth-order valence-electron chi connectivity index (χ4n) is 0.836. The third kappa shape index (κ3) is 2.78. The number of nitrogens with zero attached hydrogens (tertiary/aromatic N) is 1. The summed E-state index contributed by atoms with van der Waals surface area (Å²) in [5.74, 6) is -0.162. The summed E-state index contributed by atoms with van der Waals surface area (Å²) < 4.78 is 0.546. The zero-order valence-electron chi connectivity index (χ0n) is 6.96. The second kappa shape index (κ2) is 4.94. The Morgan fingerprint density at radius 2 is 2.46 bits per heavy atom. The van der Waals surface area contributed by atoms with Crippen molar-refractivity contribution >= 4 is 21.8 Å². The van der Waals surface area contributed by atoms with Crippen LogP contribution >= 0.6 is 15.9 Å². The summed E-state index contributed by atoms with van der Waals surface area (Å²) in [6.07, 6.45) is 1.61. The van der Waals surface area contributed by atoms with Gasteiger partial charge in [0.1, 0.15) is 4.60 Å². The molecule has 0 saturated carbocycles. The largest absolute Gasteiger partial charge is 0.351 e. The third-order valence-corrected chi connectivity index (χ3v) is 2.07. The summed E-state index contributed by atoms with van der Waals surface area (Å²) in [6.45, 7) is 0.907. The molecule has 0 bridgehead atoms. The van der Waals surface area contributed by atoms with Crippen molar-refractivity contribution in [2.24, 2.45) is 5.73 Å². The van der Waals surface area contributed by atoms with Crippen LogP contribution in [0.3, 0.4) is 0 Å². The molecule has 13 heavy (non-hydrogen) atoms. The molecular weight excluding hydrogens is 234 g/mol. The fraction of sp³-hybridized carbons (Fsp3) is 0.250. The van der Waals surface area contributed by atoms with Crippen LogP contribution in [-0.2, 0) is 0 Å². The van der Waals surface area contributed by atoms with Crippen LogP contribution in [0.2, 0.25) is 0 Å². The lowest BCUT2D eigenvalue weighted by Crippen LogP contribution is -2.29. The van der Waals surface area contributed by atoms with Crippen LogP contribution in [0.25, 0.3) is 0 Å². The molecule has 0 aromatic carbocycles. The van der Waals surface area contributed by atoms with Gasteiger partial charge < -0.3 is 11.1 Å². The molecule has 1 rings (SSSR count). The molecule has 1 heterocycles. The minimum Gasteiger partial charge on any atom is -0.351 e. The molecule has 0 radical (unpaired) electrons. The minimum atomic E-state index is -0.162. The lowest BCUT2D eigenvalue weighted by molar-refractivity contribution is 0.0953. The van der Waals surface area contributed by atoms with E-state index in [-0.39, 0.29) is 5.91 Å². The first-order valence-electron chi connectivity index (χ1n) is 3.84. The zero-order valence-corrected chi connectivity index (χ0v) is 8.54. The van der Waals surface area contributed by atoms with Crippen LogP contribution in [0.1, 0.15) is 10.4 Å². The molecule has 0 aliphatic rings. The van der Waals surface area contributed by atoms with Gasteiger partial charge in [0.2, 0.25) is 0 Å². The highest BCUT2D eigenvalue weighted by Gasteiger charge is 2.08. The number of carbonyl (C=O) groups is 1. The van der Waals surface area contributed by atoms with Crippen molar-refractivity contribution in [2.75, 3.05) is 13.1 Å². The van der Waals surface area contributed by atoms with Gasteiger partial charge in [0.25, 0.3) is 5.91 Å². The molecule has 70 valence electrons. The molecule has 0 aliphatic heterocycles. The van der Waals surface area contributed by atoms with E-state index in [0.29, 0.717) is 23.3 Å². The second-order valence-corrected chi connectivity index (χ2v) is 3.14. The van der Waals surface area contributed by atoms with Crippen molar-refractivity contribution in [2.45, 2.75) is 0 Å². The quantitative estimate of drug-likeness (QED) is 0.762. The van der Waals surface area contributed by atoms with E-state index >= 15 is 0 Å². The van der Waals surface area contributed by atoms with E-state index in [4.69, 9.17) is 5.73 Å². The number of amides is 1. The Kier molecular flexibility index (Phi) is 3.85. The highest BCUT2D eigenvalue weighted by atomic mass is 79.9. The number of carbonyl (C=O) groups excluding carboxylic acids is 1. The molecule has 0 fully saturated rings. The molecule has 3 N–H and O–H groups in total. The first-order chi connectivity index (χ1) is 6.25. The number of hydrogen-bond acceptors (Lipinski definition) is 3. The van der Waals surface area contributed by atoms with E-state index in [9.17, 15) is 4.79 Å². The molecule has 4 nitrogen and oxygen atoms in total. The lowest BCUT2D eigenvalue weighted by atomic mass is 10.3. The van der Waals surface area contributed by atoms with E-state index in [2.05, 4.69) is 26.2 Å². The summed E-state index contributed by atoms with van der Waals surface area (Å²) in [5, 5.41) is 2.66. The summed E-state index contributed by atoms with van der Waals surface area (Å²) in [5.41, 5.74) is 5.77. The summed E-state index contributed by atoms with van der Waals surface area (Å²) in [4.78, 5) is 15.3. The minimum absolute atomic E-state index is 0.162. The predicted octanol–water partition coefficient (Wildman–Crippen LogP) is 0.533. The van der Waals surface area contributed by atoms with Crippen molar-refractivity contribution in [1.29, 1.82) is 0 Å². The van der Waals surface area contributed by atoms with Gasteiger partial charge in [0, 0.05) is 19.3 Å². The van der Waals surface area contributed by atoms with E-state index in [0.717, 1.165) is 0 Å². The number of nitrogens with two attached hydrogens (primary N) is 1. The van der Waals surface area contributed by atoms with Crippen molar-refractivity contribution in [3.8, 4) is 0 Å². The first kappa shape index (κ1) is 10.1. The van der Waals surface area contributed by atoms with Crippen LogP contribution in [0.5, 0.6) is 0 Å². The molecule has 1 aromatic heterocycles. The van der Waals surface area contributed by atoms with Gasteiger partial charge in [-0.3, -0.25) is 4.79 Å². The van der Waals surface area contributed by atoms with Gasteiger partial charge >= 0.3 is 0 Å². The zero-order chi connectivity index (χ0) is 9.68. The first-order valence-corrected chi connectivity index (χ1v) is 4.64. The van der Waals surface area contributed by atoms with Crippen molar-refractivity contribution in [3.63, 3.8) is 0 Å². The van der Waals surface area contributed by atoms with Gasteiger partial charge in [-0.05, 0) is 28.1 Å². The predicted molar refractivity (Wildman–Crippen MR) is 53.3 cm³/mol. The molecule has 0 atom stereocenters. The molecule has 1 amide bonds. The van der Waals surface area contributed by atoms with Gasteiger partial charge in [-0.2, -0.15) is 0 Å². The topological polar surface area (TPSA) is 68.0 Å². The SMILES string of the molecule is NCCNC(=O)c1cccnc1Br. The molecule has 0 spiro atoms. The van der Waals surface area contributed by atoms with Crippen LogP contribution in [-0.4, -0.2) is 24.0 Å². The van der Waals surface area contributed by atoms with Gasteiger partial charge in [-0.15, -0.1) is 0 Å². The number of halogens is 1. The van der Waals surface area contributed by atoms with Crippen molar-refractivity contribution < 1.29 is 4.79 Å². The second-order valence-electron chi connectivity index (χ2n) is 2.39. The Morgan fingerprint density at radius 1 is 1.69 bits per heavy atom.